The van der Waals surface area contributed by atoms with Crippen LogP contribution in [0, 0.1) is 0 Å². The minimum Gasteiger partial charge on any atom is -0.351 e. The second-order valence-electron chi connectivity index (χ2n) is 6.55. The van der Waals surface area contributed by atoms with Crippen LogP contribution >= 0.6 is 11.3 Å². The molecule has 0 saturated carbocycles. The van der Waals surface area contributed by atoms with Crippen LogP contribution in [0.15, 0.2) is 22.5 Å². The van der Waals surface area contributed by atoms with Crippen LogP contribution in [0.5, 0.6) is 0 Å². The van der Waals surface area contributed by atoms with Gasteiger partial charge in [0.1, 0.15) is 0 Å². The van der Waals surface area contributed by atoms with Crippen molar-refractivity contribution in [3.8, 4) is 0 Å². The molecule has 126 valence electrons. The molecule has 1 aromatic heterocycles. The fourth-order valence-corrected chi connectivity index (χ4v) is 4.03. The number of aromatic nitrogens is 1. The van der Waals surface area contributed by atoms with E-state index in [1.165, 1.54) is 11.4 Å². The van der Waals surface area contributed by atoms with Gasteiger partial charge in [0.25, 0.3) is 0 Å². The van der Waals surface area contributed by atoms with E-state index in [1.54, 1.807) is 11.3 Å². The van der Waals surface area contributed by atoms with Crippen molar-refractivity contribution in [1.82, 2.24) is 20.1 Å². The third-order valence-electron chi connectivity index (χ3n) is 4.53. The Morgan fingerprint density at radius 2 is 2.22 bits per heavy atom. The molecule has 0 aliphatic carbocycles. The Labute approximate surface area is 143 Å². The lowest BCUT2D eigenvalue weighted by Gasteiger charge is -2.25. The quantitative estimate of drug-likeness (QED) is 0.522. The summed E-state index contributed by atoms with van der Waals surface area (Å²) in [5.41, 5.74) is 1.11. The van der Waals surface area contributed by atoms with E-state index in [4.69, 9.17) is 0 Å². The average molecular weight is 334 g/mol. The van der Waals surface area contributed by atoms with Crippen molar-refractivity contribution in [3.63, 3.8) is 0 Å². The van der Waals surface area contributed by atoms with Crippen LogP contribution in [0.3, 0.4) is 0 Å². The Morgan fingerprint density at radius 3 is 2.87 bits per heavy atom. The zero-order valence-corrected chi connectivity index (χ0v) is 15.1. The molecule has 1 unspecified atom stereocenters. The van der Waals surface area contributed by atoms with E-state index in [-0.39, 0.29) is 0 Å². The van der Waals surface area contributed by atoms with Gasteiger partial charge in [-0.15, -0.1) is 11.3 Å². The summed E-state index contributed by atoms with van der Waals surface area (Å²) in [5.74, 6) is 1.50. The number of hydrogen-bond donors (Lipinski definition) is 1. The van der Waals surface area contributed by atoms with Crippen molar-refractivity contribution in [1.29, 1.82) is 0 Å². The van der Waals surface area contributed by atoms with Gasteiger partial charge in [0.2, 0.25) is 0 Å². The molecule has 0 bridgehead atoms. The van der Waals surface area contributed by atoms with Crippen LogP contribution in [0.2, 0.25) is 0 Å². The molecule has 0 aromatic carbocycles. The maximum atomic E-state index is 4.69. The lowest BCUT2D eigenvalue weighted by atomic mass is 10.2. The average Bonchev–Trinajstić information content (AvgIpc) is 3.29. The second kappa shape index (κ2) is 7.45. The molecule has 5 nitrogen and oxygen atoms in total. The highest BCUT2D eigenvalue weighted by Gasteiger charge is 2.29. The molecular formula is C17H27N5S. The molecule has 1 atom stereocenters. The van der Waals surface area contributed by atoms with Crippen molar-refractivity contribution < 1.29 is 0 Å². The van der Waals surface area contributed by atoms with E-state index in [0.717, 1.165) is 44.4 Å². The Bertz CT molecular complexity index is 569. The van der Waals surface area contributed by atoms with E-state index in [1.807, 2.05) is 7.05 Å². The summed E-state index contributed by atoms with van der Waals surface area (Å²) in [6.45, 7) is 9.47. The molecule has 0 spiro atoms. The summed E-state index contributed by atoms with van der Waals surface area (Å²) in [4.78, 5) is 14.1. The van der Waals surface area contributed by atoms with E-state index >= 15 is 0 Å². The summed E-state index contributed by atoms with van der Waals surface area (Å²) in [6, 6.07) is 0.648. The van der Waals surface area contributed by atoms with Gasteiger partial charge in [0.05, 0.1) is 17.2 Å². The molecule has 2 aliphatic heterocycles. The lowest BCUT2D eigenvalue weighted by molar-refractivity contribution is 0.259. The van der Waals surface area contributed by atoms with Crippen LogP contribution in [0.1, 0.15) is 36.9 Å². The fraction of sp³-hybridized carbons (Fsp3) is 0.647. The molecular weight excluding hydrogens is 306 g/mol. The minimum absolute atomic E-state index is 0.501. The smallest absolute Gasteiger partial charge is 0.194 e. The number of hydrogen-bond acceptors (Lipinski definition) is 4. The summed E-state index contributed by atoms with van der Waals surface area (Å²) in [5, 5.41) is 6.84. The first-order chi connectivity index (χ1) is 11.2. The third-order valence-corrected chi connectivity index (χ3v) is 5.72. The SMILES string of the molecule is CN=C(NCc1csc(C(C)C)n1)N1CCC(N2CC=CC2)C1. The Morgan fingerprint density at radius 1 is 1.43 bits per heavy atom. The van der Waals surface area contributed by atoms with Crippen LogP contribution in [0.4, 0.5) is 0 Å². The van der Waals surface area contributed by atoms with Gasteiger partial charge in [-0.2, -0.15) is 0 Å². The second-order valence-corrected chi connectivity index (χ2v) is 7.44. The fourth-order valence-electron chi connectivity index (χ4n) is 3.20. The Hall–Kier alpha value is -1.40. The minimum atomic E-state index is 0.501. The first kappa shape index (κ1) is 16.5. The van der Waals surface area contributed by atoms with Crippen molar-refractivity contribution in [2.24, 2.45) is 4.99 Å². The maximum absolute atomic E-state index is 4.69. The Kier molecular flexibility index (Phi) is 5.33. The number of guanidine groups is 1. The molecule has 3 heterocycles. The van der Waals surface area contributed by atoms with E-state index in [2.05, 4.69) is 56.5 Å². The standard InChI is InChI=1S/C17H27N5S/c1-13(2)16-20-14(12-23-16)10-19-17(18-3)22-9-6-15(11-22)21-7-4-5-8-21/h4-5,12-13,15H,6-11H2,1-3H3,(H,18,19). The van der Waals surface area contributed by atoms with Crippen molar-refractivity contribution in [3.05, 3.63) is 28.2 Å². The molecule has 1 aromatic rings. The first-order valence-corrected chi connectivity index (χ1v) is 9.34. The summed E-state index contributed by atoms with van der Waals surface area (Å²) in [7, 11) is 1.87. The van der Waals surface area contributed by atoms with Crippen molar-refractivity contribution >= 4 is 17.3 Å². The molecule has 3 rings (SSSR count). The van der Waals surface area contributed by atoms with Gasteiger partial charge >= 0.3 is 0 Å². The Balaban J connectivity index is 1.52. The predicted octanol–water partition coefficient (Wildman–Crippen LogP) is 2.29. The molecule has 23 heavy (non-hydrogen) atoms. The molecule has 1 saturated heterocycles. The topological polar surface area (TPSA) is 43.8 Å². The number of likely N-dealkylation sites (tertiary alicyclic amines) is 1. The van der Waals surface area contributed by atoms with Gasteiger partial charge in [0.15, 0.2) is 5.96 Å². The van der Waals surface area contributed by atoms with Gasteiger partial charge in [-0.1, -0.05) is 26.0 Å². The van der Waals surface area contributed by atoms with Crippen molar-refractivity contribution in [2.75, 3.05) is 33.2 Å². The molecule has 6 heteroatoms. The predicted molar refractivity (Wildman–Crippen MR) is 97.1 cm³/mol. The largest absolute Gasteiger partial charge is 0.351 e. The van der Waals surface area contributed by atoms with Crippen molar-refractivity contribution in [2.45, 2.75) is 38.8 Å². The lowest BCUT2D eigenvalue weighted by Crippen LogP contribution is -2.42. The van der Waals surface area contributed by atoms with Gasteiger partial charge in [0, 0.05) is 50.6 Å². The highest BCUT2D eigenvalue weighted by Crippen LogP contribution is 2.20. The third kappa shape index (κ3) is 3.93. The maximum Gasteiger partial charge on any atom is 0.194 e. The molecule has 1 fully saturated rings. The summed E-state index contributed by atoms with van der Waals surface area (Å²) < 4.78 is 0. The van der Waals surface area contributed by atoms with E-state index < -0.39 is 0 Å². The molecule has 1 N–H and O–H groups in total. The molecule has 2 aliphatic rings. The zero-order chi connectivity index (χ0) is 16.2. The zero-order valence-electron chi connectivity index (χ0n) is 14.3. The van der Waals surface area contributed by atoms with E-state index in [0.29, 0.717) is 12.0 Å². The molecule has 0 amide bonds. The van der Waals surface area contributed by atoms with Gasteiger partial charge < -0.3 is 10.2 Å². The number of aliphatic imine (C=N–C) groups is 1. The van der Waals surface area contributed by atoms with Crippen LogP contribution in [-0.2, 0) is 6.54 Å². The summed E-state index contributed by atoms with van der Waals surface area (Å²) in [6.07, 6.45) is 5.76. The highest BCUT2D eigenvalue weighted by atomic mass is 32.1. The van der Waals surface area contributed by atoms with Crippen LogP contribution in [-0.4, -0.2) is 60.0 Å². The van der Waals surface area contributed by atoms with Gasteiger partial charge in [-0.05, 0) is 6.42 Å². The van der Waals surface area contributed by atoms with Crippen LogP contribution in [0.25, 0.3) is 0 Å². The van der Waals surface area contributed by atoms with E-state index in [9.17, 15) is 0 Å². The number of nitrogens with zero attached hydrogens (tertiary/aromatic N) is 4. The van der Waals surface area contributed by atoms with Gasteiger partial charge in [-0.3, -0.25) is 9.89 Å². The normalized spacial score (nSPS) is 22.5. The van der Waals surface area contributed by atoms with Gasteiger partial charge in [-0.25, -0.2) is 4.98 Å². The molecule has 0 radical (unpaired) electrons. The number of thiazole rings is 1. The first-order valence-electron chi connectivity index (χ1n) is 8.46. The number of nitrogens with one attached hydrogen (secondary N) is 1. The highest BCUT2D eigenvalue weighted by molar-refractivity contribution is 7.09. The van der Waals surface area contributed by atoms with Crippen LogP contribution < -0.4 is 5.32 Å². The summed E-state index contributed by atoms with van der Waals surface area (Å²) >= 11 is 1.75. The number of rotatable bonds is 4. The monoisotopic (exact) mass is 333 g/mol.